The number of hydrogen-bond donors (Lipinski definition) is 1. The lowest BCUT2D eigenvalue weighted by Gasteiger charge is -2.01. The Morgan fingerprint density at radius 2 is 2.12 bits per heavy atom. The first kappa shape index (κ1) is 15.2. The van der Waals surface area contributed by atoms with Crippen molar-refractivity contribution in [3.8, 4) is 22.8 Å². The summed E-state index contributed by atoms with van der Waals surface area (Å²) in [5.41, 5.74) is 2.94. The fraction of sp³-hybridized carbons (Fsp3) is 0.176. The van der Waals surface area contributed by atoms with Crippen LogP contribution < -0.4 is 14.8 Å². The summed E-state index contributed by atoms with van der Waals surface area (Å²) >= 11 is 3.06. The minimum atomic E-state index is -0.0206. The van der Waals surface area contributed by atoms with Gasteiger partial charge in [0.25, 0.3) is 0 Å². The molecule has 1 N–H and O–H groups in total. The second kappa shape index (κ2) is 6.62. The van der Waals surface area contributed by atoms with Gasteiger partial charge in [-0.15, -0.1) is 11.3 Å². The highest BCUT2D eigenvalue weighted by atomic mass is 32.1. The number of carbonyl (C=O) groups excluding carboxylic acids is 1. The summed E-state index contributed by atoms with van der Waals surface area (Å²) in [4.78, 5) is 16.5. The van der Waals surface area contributed by atoms with Crippen molar-refractivity contribution in [2.45, 2.75) is 12.8 Å². The molecule has 0 saturated heterocycles. The second-order valence-corrected chi connectivity index (χ2v) is 6.92. The van der Waals surface area contributed by atoms with E-state index in [2.05, 4.69) is 15.7 Å². The van der Waals surface area contributed by atoms with Gasteiger partial charge in [-0.25, -0.2) is 4.98 Å². The maximum atomic E-state index is 12.0. The van der Waals surface area contributed by atoms with Crippen molar-refractivity contribution in [1.82, 2.24) is 4.98 Å². The molecule has 122 valence electrons. The molecule has 0 saturated carbocycles. The van der Waals surface area contributed by atoms with Crippen molar-refractivity contribution < 1.29 is 14.3 Å². The summed E-state index contributed by atoms with van der Waals surface area (Å²) < 4.78 is 10.7. The maximum absolute atomic E-state index is 12.0. The van der Waals surface area contributed by atoms with Gasteiger partial charge in [-0.3, -0.25) is 4.79 Å². The quantitative estimate of drug-likeness (QED) is 0.743. The molecular weight excluding hydrogens is 344 g/mol. The molecule has 4 rings (SSSR count). The van der Waals surface area contributed by atoms with Gasteiger partial charge in [0, 0.05) is 17.4 Å². The third-order valence-corrected chi connectivity index (χ3v) is 5.13. The van der Waals surface area contributed by atoms with Crippen molar-refractivity contribution in [2.24, 2.45) is 0 Å². The van der Waals surface area contributed by atoms with Crippen LogP contribution in [0.5, 0.6) is 11.5 Å². The molecule has 0 bridgehead atoms. The number of nitrogens with zero attached hydrogens (tertiary/aromatic N) is 1. The highest BCUT2D eigenvalue weighted by Crippen LogP contribution is 2.36. The predicted molar refractivity (Wildman–Crippen MR) is 94.9 cm³/mol. The van der Waals surface area contributed by atoms with Crippen LogP contribution in [0, 0.1) is 0 Å². The summed E-state index contributed by atoms with van der Waals surface area (Å²) in [6, 6.07) is 7.75. The van der Waals surface area contributed by atoms with Gasteiger partial charge < -0.3 is 14.8 Å². The number of aromatic nitrogens is 1. The molecule has 2 aromatic heterocycles. The lowest BCUT2D eigenvalue weighted by Crippen LogP contribution is -2.11. The highest BCUT2D eigenvalue weighted by Gasteiger charge is 2.15. The Morgan fingerprint density at radius 3 is 3.00 bits per heavy atom. The largest absolute Gasteiger partial charge is 0.454 e. The average molecular weight is 358 g/mol. The minimum absolute atomic E-state index is 0.0206. The van der Waals surface area contributed by atoms with E-state index in [9.17, 15) is 4.79 Å². The van der Waals surface area contributed by atoms with Gasteiger partial charge in [-0.1, -0.05) is 0 Å². The maximum Gasteiger partial charge on any atom is 0.231 e. The molecule has 5 nitrogen and oxygen atoms in total. The van der Waals surface area contributed by atoms with Gasteiger partial charge in [0.05, 0.1) is 5.69 Å². The lowest BCUT2D eigenvalue weighted by molar-refractivity contribution is -0.116. The van der Waals surface area contributed by atoms with Crippen LogP contribution in [0.2, 0.25) is 0 Å². The minimum Gasteiger partial charge on any atom is -0.454 e. The number of anilines is 1. The van der Waals surface area contributed by atoms with Crippen LogP contribution in [0.25, 0.3) is 11.3 Å². The molecule has 0 atom stereocenters. The number of thiophene rings is 1. The number of rotatable bonds is 5. The molecule has 0 aliphatic carbocycles. The van der Waals surface area contributed by atoms with Crippen LogP contribution in [0.3, 0.4) is 0 Å². The van der Waals surface area contributed by atoms with E-state index in [0.29, 0.717) is 11.6 Å². The van der Waals surface area contributed by atoms with Gasteiger partial charge in [-0.2, -0.15) is 11.3 Å². The Bertz CT molecular complexity index is 859. The molecule has 0 fully saturated rings. The summed E-state index contributed by atoms with van der Waals surface area (Å²) in [7, 11) is 0. The summed E-state index contributed by atoms with van der Waals surface area (Å²) in [5.74, 6) is 1.45. The number of fused-ring (bicyclic) bond motifs is 1. The number of amides is 1. The number of benzene rings is 1. The van der Waals surface area contributed by atoms with E-state index in [1.165, 1.54) is 16.9 Å². The average Bonchev–Trinajstić information content (AvgIpc) is 3.33. The van der Waals surface area contributed by atoms with E-state index in [1.54, 1.807) is 11.3 Å². The zero-order chi connectivity index (χ0) is 16.4. The van der Waals surface area contributed by atoms with Crippen molar-refractivity contribution in [3.05, 3.63) is 46.0 Å². The molecule has 0 spiro atoms. The molecule has 0 unspecified atom stereocenters. The first-order valence-corrected chi connectivity index (χ1v) is 9.27. The van der Waals surface area contributed by atoms with Crippen molar-refractivity contribution in [3.63, 3.8) is 0 Å². The van der Waals surface area contributed by atoms with Crippen LogP contribution in [-0.2, 0) is 11.2 Å². The van der Waals surface area contributed by atoms with E-state index in [0.717, 1.165) is 29.2 Å². The Balaban J connectivity index is 1.40. The molecule has 7 heteroatoms. The molecule has 1 amide bonds. The van der Waals surface area contributed by atoms with Crippen LogP contribution in [0.4, 0.5) is 5.13 Å². The number of carbonyl (C=O) groups is 1. The van der Waals surface area contributed by atoms with Gasteiger partial charge >= 0.3 is 0 Å². The van der Waals surface area contributed by atoms with E-state index in [-0.39, 0.29) is 12.7 Å². The van der Waals surface area contributed by atoms with Crippen molar-refractivity contribution >= 4 is 33.7 Å². The smallest absolute Gasteiger partial charge is 0.231 e. The van der Waals surface area contributed by atoms with Gasteiger partial charge in [0.15, 0.2) is 16.6 Å². The molecule has 1 aromatic carbocycles. The van der Waals surface area contributed by atoms with Crippen LogP contribution in [0.1, 0.15) is 12.0 Å². The number of thiazole rings is 1. The van der Waals surface area contributed by atoms with E-state index in [4.69, 9.17) is 9.47 Å². The fourth-order valence-electron chi connectivity index (χ4n) is 2.39. The number of nitrogens with one attached hydrogen (secondary N) is 1. The van der Waals surface area contributed by atoms with Gasteiger partial charge in [0.2, 0.25) is 12.7 Å². The normalized spacial score (nSPS) is 12.3. The second-order valence-electron chi connectivity index (χ2n) is 5.29. The summed E-state index contributed by atoms with van der Waals surface area (Å²) in [6.07, 6.45) is 1.20. The summed E-state index contributed by atoms with van der Waals surface area (Å²) in [6.45, 7) is 0.251. The van der Waals surface area contributed by atoms with Crippen LogP contribution in [0.15, 0.2) is 40.4 Å². The first-order valence-electron chi connectivity index (χ1n) is 7.44. The monoisotopic (exact) mass is 358 g/mol. The van der Waals surface area contributed by atoms with E-state index < -0.39 is 0 Å². The molecule has 24 heavy (non-hydrogen) atoms. The van der Waals surface area contributed by atoms with Gasteiger partial charge in [-0.05, 0) is 47.0 Å². The molecule has 3 heterocycles. The molecular formula is C17H14N2O3S2. The molecule has 3 aromatic rings. The van der Waals surface area contributed by atoms with Crippen molar-refractivity contribution in [1.29, 1.82) is 0 Å². The standard InChI is InChI=1S/C17H14N2O3S2/c20-16(4-1-11-5-6-23-8-11)19-17-18-13(9-24-17)12-2-3-14-15(7-12)22-10-21-14/h2-3,5-9H,1,4,10H2,(H,18,19,20). The zero-order valence-corrected chi connectivity index (χ0v) is 14.3. The Morgan fingerprint density at radius 1 is 1.21 bits per heavy atom. The molecule has 1 aliphatic rings. The number of aryl methyl sites for hydroxylation is 1. The third-order valence-electron chi connectivity index (χ3n) is 3.64. The van der Waals surface area contributed by atoms with Crippen LogP contribution >= 0.6 is 22.7 Å². The number of ether oxygens (including phenoxy) is 2. The molecule has 0 radical (unpaired) electrons. The van der Waals surface area contributed by atoms with E-state index in [1.807, 2.05) is 35.0 Å². The Kier molecular flexibility index (Phi) is 4.18. The predicted octanol–water partition coefficient (Wildman–Crippen LogP) is 4.17. The SMILES string of the molecule is O=C(CCc1ccsc1)Nc1nc(-c2ccc3c(c2)OCO3)cs1. The van der Waals surface area contributed by atoms with Crippen molar-refractivity contribution in [2.75, 3.05) is 12.1 Å². The number of hydrogen-bond acceptors (Lipinski definition) is 6. The summed E-state index contributed by atoms with van der Waals surface area (Å²) in [5, 5.41) is 9.48. The first-order chi connectivity index (χ1) is 11.8. The third kappa shape index (κ3) is 3.27. The lowest BCUT2D eigenvalue weighted by atomic mass is 10.1. The fourth-order valence-corrected chi connectivity index (χ4v) is 3.83. The Labute approximate surface area is 146 Å². The van der Waals surface area contributed by atoms with Crippen LogP contribution in [-0.4, -0.2) is 17.7 Å². The zero-order valence-electron chi connectivity index (χ0n) is 12.7. The topological polar surface area (TPSA) is 60.5 Å². The molecule has 1 aliphatic heterocycles. The van der Waals surface area contributed by atoms with Gasteiger partial charge in [0.1, 0.15) is 0 Å². The van der Waals surface area contributed by atoms with E-state index >= 15 is 0 Å². The highest BCUT2D eigenvalue weighted by molar-refractivity contribution is 7.14. The Hall–Kier alpha value is -2.38.